The number of nitrogens with one attached hydrogen (secondary N) is 1. The van der Waals surface area contributed by atoms with Gasteiger partial charge in [-0.15, -0.1) is 19.2 Å². The third-order valence-electron chi connectivity index (χ3n) is 3.55. The van der Waals surface area contributed by atoms with Gasteiger partial charge in [-0.3, -0.25) is 9.59 Å². The number of hydrogen-bond donors (Lipinski definition) is 1. The topological polar surface area (TPSA) is 64.0 Å². The maximum absolute atomic E-state index is 12.4. The molecule has 2 heterocycles. The van der Waals surface area contributed by atoms with Gasteiger partial charge in [0, 0.05) is 122 Å². The second-order valence-corrected chi connectivity index (χ2v) is 5.22. The van der Waals surface area contributed by atoms with Crippen LogP contribution in [0.15, 0.2) is 53.6 Å². The van der Waals surface area contributed by atoms with Crippen molar-refractivity contribution in [1.82, 2.24) is 14.9 Å². The number of rotatable bonds is 3. The van der Waals surface area contributed by atoms with Crippen LogP contribution in [0.5, 0.6) is 0 Å². The van der Waals surface area contributed by atoms with E-state index in [1.165, 1.54) is 10.8 Å². The third-order valence-corrected chi connectivity index (χ3v) is 3.55. The van der Waals surface area contributed by atoms with E-state index in [1.54, 1.807) is 25.3 Å². The Balaban J connectivity index is -0.0000000998. The first-order valence-electron chi connectivity index (χ1n) is 7.77. The molecule has 0 unspecified atom stereocenters. The largest absolute Gasteiger partial charge is 0.471 e. The second-order valence-electron chi connectivity index (χ2n) is 5.22. The molecule has 5 nitrogen and oxygen atoms in total. The molecule has 5 radical (unpaired) electrons. The number of hydrogen-bond acceptors (Lipinski definition) is 3. The number of carbonyl (C=O) groups excluding carboxylic acids is 1. The first kappa shape index (κ1) is 54.6. The molecular formula is C24H32N3O2V5-7. The quantitative estimate of drug-likeness (QED) is 0.416. The molecule has 1 amide bonds. The van der Waals surface area contributed by atoms with Crippen LogP contribution < -0.4 is 10.7 Å². The van der Waals surface area contributed by atoms with Gasteiger partial charge in [0.25, 0.3) is 0 Å². The van der Waals surface area contributed by atoms with Crippen LogP contribution in [0.2, 0.25) is 0 Å². The van der Waals surface area contributed by atoms with Gasteiger partial charge in [0.15, 0.2) is 5.43 Å². The Kier molecular flexibility index (Phi) is 43.8. The summed E-state index contributed by atoms with van der Waals surface area (Å²) < 4.78 is 1.43. The Morgan fingerprint density at radius 1 is 0.941 bits per heavy atom. The Hall–Kier alpha value is -0.288. The molecule has 3 rings (SSSR count). The van der Waals surface area contributed by atoms with Gasteiger partial charge in [-0.2, -0.15) is 31.5 Å². The van der Waals surface area contributed by atoms with Gasteiger partial charge in [0.05, 0.1) is 0 Å². The molecule has 3 aromatic rings. The smallest absolute Gasteiger partial charge is 0.244 e. The van der Waals surface area contributed by atoms with Crippen LogP contribution in [0, 0.1) is 50.6 Å². The molecule has 0 saturated carbocycles. The standard InChI is InChI=1S/C18H15N3O2.C2H5.4CH3.5V/c1-12-5-7-13(8-6-12)10-20-18(23)15-11-21(2)17-14(16(15)22)4-3-9-19-17;1-2;;;;;;;;;/h3-9,11H,1-2,10H2,(H,20,23);1H2,2H3;4*1H3;;;;;/q-2;5*-1;;;;;. The Morgan fingerprint density at radius 2 is 1.44 bits per heavy atom. The first-order chi connectivity index (χ1) is 12.1. The summed E-state index contributed by atoms with van der Waals surface area (Å²) >= 11 is 0. The molecule has 0 spiro atoms. The number of fused-ring (bicyclic) bond motifs is 1. The van der Waals surface area contributed by atoms with Gasteiger partial charge in [-0.25, -0.2) is 0 Å². The molecule has 10 heteroatoms. The van der Waals surface area contributed by atoms with Gasteiger partial charge in [0.1, 0.15) is 0 Å². The fourth-order valence-corrected chi connectivity index (χ4v) is 2.32. The SMILES string of the molecule is [CH2-]C.[CH2-]c1ccc(CNC(=O)c2cn([CH2-])c3ncccc3c2=O)cc1.[CH3-].[CH3-].[CH3-].[CH3-].[V].[V].[V].[V].[V]. The van der Waals surface area contributed by atoms with Gasteiger partial charge >= 0.3 is 0 Å². The Morgan fingerprint density at radius 3 is 1.94 bits per heavy atom. The zero-order chi connectivity index (χ0) is 18.4. The fraction of sp³-hybridized carbons (Fsp3) is 0.0833. The van der Waals surface area contributed by atoms with E-state index < -0.39 is 5.91 Å². The van der Waals surface area contributed by atoms with Crippen LogP contribution in [-0.4, -0.2) is 15.5 Å². The van der Waals surface area contributed by atoms with E-state index in [1.807, 2.05) is 24.3 Å². The van der Waals surface area contributed by atoms with E-state index in [-0.39, 0.29) is 133 Å². The molecule has 34 heavy (non-hydrogen) atoms. The van der Waals surface area contributed by atoms with E-state index in [0.29, 0.717) is 17.6 Å². The number of nitrogens with zero attached hydrogens (tertiary/aromatic N) is 2. The van der Waals surface area contributed by atoms with Crippen LogP contribution in [0.25, 0.3) is 11.0 Å². The molecule has 0 saturated heterocycles. The molecule has 2 aromatic heterocycles. The summed E-state index contributed by atoms with van der Waals surface area (Å²) in [5, 5.41) is 3.12. The van der Waals surface area contributed by atoms with Crippen molar-refractivity contribution in [2.24, 2.45) is 0 Å². The van der Waals surface area contributed by atoms with E-state index in [0.717, 1.165) is 11.1 Å². The molecule has 0 atom stereocenters. The monoisotopic (exact) mass is 649 g/mol. The average Bonchev–Trinajstić information content (AvgIpc) is 2.65. The van der Waals surface area contributed by atoms with Gasteiger partial charge in [0.2, 0.25) is 5.91 Å². The van der Waals surface area contributed by atoms with Crippen molar-refractivity contribution in [3.63, 3.8) is 0 Å². The molecule has 187 valence electrons. The normalized spacial score (nSPS) is 7.35. The van der Waals surface area contributed by atoms with Crippen molar-refractivity contribution < 1.29 is 97.6 Å². The van der Waals surface area contributed by atoms with E-state index >= 15 is 0 Å². The predicted molar refractivity (Wildman–Crippen MR) is 126 cm³/mol. The van der Waals surface area contributed by atoms with Crippen LogP contribution in [0.4, 0.5) is 0 Å². The minimum Gasteiger partial charge on any atom is -0.471 e. The molecule has 0 aliphatic carbocycles. The summed E-state index contributed by atoms with van der Waals surface area (Å²) in [7, 11) is 3.79. The van der Waals surface area contributed by atoms with Crippen molar-refractivity contribution >= 4 is 16.9 Å². The number of pyridine rings is 2. The van der Waals surface area contributed by atoms with E-state index in [2.05, 4.69) is 31.2 Å². The molecule has 0 bridgehead atoms. The maximum atomic E-state index is 12.4. The van der Waals surface area contributed by atoms with Gasteiger partial charge in [-0.05, 0) is 6.07 Å². The molecule has 0 aliphatic heterocycles. The van der Waals surface area contributed by atoms with Crippen molar-refractivity contribution in [3.8, 4) is 0 Å². The van der Waals surface area contributed by atoms with Crippen LogP contribution in [0.1, 0.15) is 28.4 Å². The van der Waals surface area contributed by atoms with Gasteiger partial charge < -0.3 is 51.5 Å². The molecule has 1 aromatic carbocycles. The molecule has 0 aliphatic rings. The Bertz CT molecular complexity index is 949. The summed E-state index contributed by atoms with van der Waals surface area (Å²) in [4.78, 5) is 28.9. The van der Waals surface area contributed by atoms with Crippen molar-refractivity contribution in [2.75, 3.05) is 0 Å². The van der Waals surface area contributed by atoms with Crippen LogP contribution >= 0.6 is 0 Å². The second kappa shape index (κ2) is 27.3. The summed E-state index contributed by atoms with van der Waals surface area (Å²) in [6, 6.07) is 10.8. The number of aromatic nitrogens is 2. The summed E-state index contributed by atoms with van der Waals surface area (Å²) in [6.45, 7) is 9.14. The number of amides is 1. The first-order valence-corrected chi connectivity index (χ1v) is 7.77. The van der Waals surface area contributed by atoms with Crippen molar-refractivity contribution in [2.45, 2.75) is 13.5 Å². The van der Waals surface area contributed by atoms with E-state index in [9.17, 15) is 9.59 Å². The minimum atomic E-state index is -0.433. The van der Waals surface area contributed by atoms with Crippen molar-refractivity contribution in [3.05, 3.63) is 126 Å². The molecular weight excluding hydrogens is 617 g/mol. The average molecular weight is 649 g/mol. The third kappa shape index (κ3) is 14.3. The maximum Gasteiger partial charge on any atom is 0.244 e. The van der Waals surface area contributed by atoms with Crippen LogP contribution in [-0.2, 0) is 99.3 Å². The van der Waals surface area contributed by atoms with Gasteiger partial charge in [-0.1, -0.05) is 17.8 Å². The van der Waals surface area contributed by atoms with E-state index in [4.69, 9.17) is 0 Å². The molecule has 1 N–H and O–H groups in total. The minimum absolute atomic E-state index is 0. The zero-order valence-electron chi connectivity index (χ0n) is 20.4. The number of carbonyl (C=O) groups is 1. The summed E-state index contributed by atoms with van der Waals surface area (Å²) in [6.07, 6.45) is 2.99. The molecule has 0 fully saturated rings. The fourth-order valence-electron chi connectivity index (χ4n) is 2.32. The Labute approximate surface area is 266 Å². The summed E-state index contributed by atoms with van der Waals surface area (Å²) in [5.41, 5.74) is 1.98. The number of benzene rings is 1. The zero-order valence-corrected chi connectivity index (χ0v) is 27.4. The van der Waals surface area contributed by atoms with Crippen LogP contribution in [0.3, 0.4) is 0 Å². The van der Waals surface area contributed by atoms with Crippen molar-refractivity contribution in [1.29, 1.82) is 0 Å². The predicted octanol–water partition coefficient (Wildman–Crippen LogP) is 4.78. The summed E-state index contributed by atoms with van der Waals surface area (Å²) in [5.74, 6) is -0.433.